The second kappa shape index (κ2) is 9.18. The number of methoxy groups -OCH3 is 1. The fourth-order valence-electron chi connectivity index (χ4n) is 3.80. The Morgan fingerprint density at radius 1 is 1.06 bits per heavy atom. The van der Waals surface area contributed by atoms with Crippen molar-refractivity contribution in [1.82, 2.24) is 0 Å². The molecular weight excluding hydrogens is 398 g/mol. The lowest BCUT2D eigenvalue weighted by atomic mass is 10.1. The highest BCUT2D eigenvalue weighted by Crippen LogP contribution is 2.28. The number of nitrogens with one attached hydrogen (secondary N) is 2. The highest BCUT2D eigenvalue weighted by atomic mass is 16.5. The molecule has 31 heavy (non-hydrogen) atoms. The SMILES string of the molecule is COc1cccc(N2C[C@H](C(=O)Nc3ccc(NC(=O)[C@@H]4CCCO4)cc3)CC2=O)c1. The van der Waals surface area contributed by atoms with Crippen molar-refractivity contribution in [3.63, 3.8) is 0 Å². The van der Waals surface area contributed by atoms with Gasteiger partial charge in [-0.2, -0.15) is 0 Å². The number of hydrogen-bond acceptors (Lipinski definition) is 5. The van der Waals surface area contributed by atoms with Crippen molar-refractivity contribution in [3.8, 4) is 5.75 Å². The maximum Gasteiger partial charge on any atom is 0.253 e. The number of nitrogens with zero attached hydrogens (tertiary/aromatic N) is 1. The Balaban J connectivity index is 1.33. The van der Waals surface area contributed by atoms with Gasteiger partial charge in [-0.3, -0.25) is 14.4 Å². The number of hydrogen-bond donors (Lipinski definition) is 2. The van der Waals surface area contributed by atoms with E-state index < -0.39 is 12.0 Å². The van der Waals surface area contributed by atoms with Crippen LogP contribution in [-0.2, 0) is 19.1 Å². The topological polar surface area (TPSA) is 97.0 Å². The zero-order valence-electron chi connectivity index (χ0n) is 17.3. The first-order valence-corrected chi connectivity index (χ1v) is 10.3. The van der Waals surface area contributed by atoms with Crippen LogP contribution >= 0.6 is 0 Å². The van der Waals surface area contributed by atoms with Crippen molar-refractivity contribution in [2.24, 2.45) is 5.92 Å². The molecule has 0 aliphatic carbocycles. The number of rotatable bonds is 6. The molecule has 2 aliphatic rings. The summed E-state index contributed by atoms with van der Waals surface area (Å²) in [5, 5.41) is 5.68. The Labute approximate surface area is 180 Å². The van der Waals surface area contributed by atoms with Gasteiger partial charge in [-0.15, -0.1) is 0 Å². The molecule has 0 saturated carbocycles. The molecule has 0 spiro atoms. The summed E-state index contributed by atoms with van der Waals surface area (Å²) in [6.45, 7) is 0.926. The lowest BCUT2D eigenvalue weighted by molar-refractivity contribution is -0.124. The predicted octanol–water partition coefficient (Wildman–Crippen LogP) is 2.80. The summed E-state index contributed by atoms with van der Waals surface area (Å²) >= 11 is 0. The Kier molecular flexibility index (Phi) is 6.18. The van der Waals surface area contributed by atoms with Crippen LogP contribution in [0, 0.1) is 5.92 Å². The number of benzene rings is 2. The van der Waals surface area contributed by atoms with E-state index in [4.69, 9.17) is 9.47 Å². The quantitative estimate of drug-likeness (QED) is 0.745. The van der Waals surface area contributed by atoms with Crippen molar-refractivity contribution in [1.29, 1.82) is 0 Å². The molecule has 0 aromatic heterocycles. The van der Waals surface area contributed by atoms with Crippen molar-refractivity contribution in [2.75, 3.05) is 35.8 Å². The minimum atomic E-state index is -0.447. The van der Waals surface area contributed by atoms with E-state index in [2.05, 4.69) is 10.6 Å². The van der Waals surface area contributed by atoms with Gasteiger partial charge in [0.15, 0.2) is 0 Å². The number of carbonyl (C=O) groups excluding carboxylic acids is 3. The molecule has 0 unspecified atom stereocenters. The van der Waals surface area contributed by atoms with Crippen LogP contribution in [0.1, 0.15) is 19.3 Å². The average Bonchev–Trinajstić information content (AvgIpc) is 3.45. The van der Waals surface area contributed by atoms with Crippen LogP contribution in [0.4, 0.5) is 17.1 Å². The molecule has 4 rings (SSSR count). The molecule has 2 aromatic carbocycles. The third kappa shape index (κ3) is 4.86. The lowest BCUT2D eigenvalue weighted by Gasteiger charge is -2.17. The molecule has 2 aromatic rings. The maximum absolute atomic E-state index is 12.7. The largest absolute Gasteiger partial charge is 0.497 e. The van der Waals surface area contributed by atoms with E-state index in [1.807, 2.05) is 12.1 Å². The van der Waals surface area contributed by atoms with Gasteiger partial charge in [0.25, 0.3) is 5.91 Å². The molecule has 2 aliphatic heterocycles. The van der Waals surface area contributed by atoms with Crippen molar-refractivity contribution < 1.29 is 23.9 Å². The number of ether oxygens (including phenoxy) is 2. The number of carbonyl (C=O) groups is 3. The minimum Gasteiger partial charge on any atom is -0.497 e. The van der Waals surface area contributed by atoms with Gasteiger partial charge in [0.1, 0.15) is 11.9 Å². The van der Waals surface area contributed by atoms with Crippen LogP contribution in [0.5, 0.6) is 5.75 Å². The summed E-state index contributed by atoms with van der Waals surface area (Å²) in [5.41, 5.74) is 1.96. The zero-order chi connectivity index (χ0) is 21.8. The lowest BCUT2D eigenvalue weighted by Crippen LogP contribution is -2.28. The van der Waals surface area contributed by atoms with E-state index in [-0.39, 0.29) is 24.1 Å². The summed E-state index contributed by atoms with van der Waals surface area (Å²) in [7, 11) is 1.57. The van der Waals surface area contributed by atoms with Gasteiger partial charge in [-0.05, 0) is 49.2 Å². The van der Waals surface area contributed by atoms with E-state index in [1.165, 1.54) is 0 Å². The van der Waals surface area contributed by atoms with Gasteiger partial charge in [0.05, 0.1) is 13.0 Å². The van der Waals surface area contributed by atoms with Gasteiger partial charge in [-0.25, -0.2) is 0 Å². The number of amides is 3. The molecule has 2 N–H and O–H groups in total. The fraction of sp³-hybridized carbons (Fsp3) is 0.348. The van der Waals surface area contributed by atoms with E-state index in [9.17, 15) is 14.4 Å². The Hall–Kier alpha value is -3.39. The smallest absolute Gasteiger partial charge is 0.253 e. The van der Waals surface area contributed by atoms with Crippen LogP contribution in [0.3, 0.4) is 0 Å². The molecular formula is C23H25N3O5. The zero-order valence-corrected chi connectivity index (χ0v) is 17.3. The van der Waals surface area contributed by atoms with Crippen LogP contribution in [-0.4, -0.2) is 44.1 Å². The van der Waals surface area contributed by atoms with Crippen molar-refractivity contribution in [3.05, 3.63) is 48.5 Å². The van der Waals surface area contributed by atoms with Crippen LogP contribution in [0.25, 0.3) is 0 Å². The van der Waals surface area contributed by atoms with Gasteiger partial charge in [-0.1, -0.05) is 6.07 Å². The second-order valence-electron chi connectivity index (χ2n) is 7.66. The molecule has 8 heteroatoms. The molecule has 0 radical (unpaired) electrons. The summed E-state index contributed by atoms with van der Waals surface area (Å²) in [4.78, 5) is 38.9. The Morgan fingerprint density at radius 3 is 2.42 bits per heavy atom. The number of anilines is 3. The van der Waals surface area contributed by atoms with E-state index in [0.29, 0.717) is 36.0 Å². The third-order valence-electron chi connectivity index (χ3n) is 5.50. The van der Waals surface area contributed by atoms with Gasteiger partial charge in [0.2, 0.25) is 11.8 Å². The normalized spacial score (nSPS) is 20.5. The Bertz CT molecular complexity index is 969. The first-order valence-electron chi connectivity index (χ1n) is 10.3. The first-order chi connectivity index (χ1) is 15.0. The molecule has 8 nitrogen and oxygen atoms in total. The Morgan fingerprint density at radius 2 is 1.77 bits per heavy atom. The van der Waals surface area contributed by atoms with Crippen LogP contribution in [0.2, 0.25) is 0 Å². The molecule has 0 bridgehead atoms. The molecule has 162 valence electrons. The average molecular weight is 423 g/mol. The monoisotopic (exact) mass is 423 g/mol. The molecule has 2 saturated heterocycles. The molecule has 2 heterocycles. The highest BCUT2D eigenvalue weighted by Gasteiger charge is 2.35. The fourth-order valence-corrected chi connectivity index (χ4v) is 3.80. The standard InChI is InChI=1S/C23H25N3O5/c1-30-19-5-2-4-18(13-19)26-14-15(12-21(26)27)22(28)24-16-7-9-17(10-8-16)25-23(29)20-6-3-11-31-20/h2,4-5,7-10,13,15,20H,3,6,11-12,14H2,1H3,(H,24,28)(H,25,29)/t15-,20+/m1/s1. The first kappa shape index (κ1) is 20.9. The molecule has 2 fully saturated rings. The maximum atomic E-state index is 12.7. The van der Waals surface area contributed by atoms with Crippen molar-refractivity contribution in [2.45, 2.75) is 25.4 Å². The summed E-state index contributed by atoms with van der Waals surface area (Å²) in [6.07, 6.45) is 1.37. The predicted molar refractivity (Wildman–Crippen MR) is 116 cm³/mol. The van der Waals surface area contributed by atoms with E-state index in [0.717, 1.165) is 12.8 Å². The highest BCUT2D eigenvalue weighted by molar-refractivity contribution is 6.03. The van der Waals surface area contributed by atoms with Crippen LogP contribution < -0.4 is 20.3 Å². The summed E-state index contributed by atoms with van der Waals surface area (Å²) in [5.74, 6) is -0.255. The minimum absolute atomic E-state index is 0.0967. The molecule has 2 atom stereocenters. The van der Waals surface area contributed by atoms with Gasteiger partial charge >= 0.3 is 0 Å². The second-order valence-corrected chi connectivity index (χ2v) is 7.66. The third-order valence-corrected chi connectivity index (χ3v) is 5.50. The van der Waals surface area contributed by atoms with E-state index >= 15 is 0 Å². The summed E-state index contributed by atoms with van der Waals surface area (Å²) in [6, 6.07) is 14.1. The van der Waals surface area contributed by atoms with Crippen LogP contribution in [0.15, 0.2) is 48.5 Å². The van der Waals surface area contributed by atoms with E-state index in [1.54, 1.807) is 48.4 Å². The van der Waals surface area contributed by atoms with Gasteiger partial charge < -0.3 is 25.0 Å². The van der Waals surface area contributed by atoms with Gasteiger partial charge in [0, 0.05) is 42.7 Å². The van der Waals surface area contributed by atoms with Crippen molar-refractivity contribution >= 4 is 34.8 Å². The summed E-state index contributed by atoms with van der Waals surface area (Å²) < 4.78 is 10.6. The molecule has 3 amide bonds.